The minimum Gasteiger partial charge on any atom is -0.480 e. The van der Waals surface area contributed by atoms with Gasteiger partial charge in [-0.2, -0.15) is 0 Å². The minimum absolute atomic E-state index is 0.0742. The summed E-state index contributed by atoms with van der Waals surface area (Å²) in [6.07, 6.45) is 3.32. The molecule has 0 radical (unpaired) electrons. The maximum Gasteiger partial charge on any atom is 0.324 e. The lowest BCUT2D eigenvalue weighted by atomic mass is 9.89. The van der Waals surface area contributed by atoms with Crippen LogP contribution in [0.4, 0.5) is 0 Å². The number of aromatic nitrogens is 1. The average molecular weight is 296 g/mol. The molecular weight excluding hydrogens is 272 g/mol. The number of aryl methyl sites for hydroxylation is 2. The topological polar surface area (TPSA) is 53.4 Å². The molecule has 5 heteroatoms. The number of hydrogen-bond acceptors (Lipinski definition) is 4. The van der Waals surface area contributed by atoms with Crippen molar-refractivity contribution in [2.24, 2.45) is 0 Å². The maximum absolute atomic E-state index is 11.9. The first-order valence-electron chi connectivity index (χ1n) is 7.36. The Kier molecular flexibility index (Phi) is 4.49. The van der Waals surface area contributed by atoms with Gasteiger partial charge in [0.1, 0.15) is 5.54 Å². The van der Waals surface area contributed by atoms with E-state index in [1.54, 1.807) is 11.3 Å². The lowest BCUT2D eigenvalue weighted by Gasteiger charge is -2.38. The molecule has 112 valence electrons. The van der Waals surface area contributed by atoms with Crippen LogP contribution in [0.1, 0.15) is 61.2 Å². The Morgan fingerprint density at radius 3 is 2.75 bits per heavy atom. The summed E-state index contributed by atoms with van der Waals surface area (Å²) >= 11 is 1.69. The van der Waals surface area contributed by atoms with E-state index in [1.165, 1.54) is 4.88 Å². The van der Waals surface area contributed by atoms with Gasteiger partial charge in [0, 0.05) is 4.88 Å². The van der Waals surface area contributed by atoms with Gasteiger partial charge in [-0.05, 0) is 46.6 Å². The van der Waals surface area contributed by atoms with Crippen LogP contribution in [0.25, 0.3) is 0 Å². The average Bonchev–Trinajstić information content (AvgIpc) is 2.93. The molecule has 2 heterocycles. The zero-order valence-electron chi connectivity index (χ0n) is 12.8. The number of carboxylic acids is 1. The van der Waals surface area contributed by atoms with Gasteiger partial charge in [-0.1, -0.05) is 13.3 Å². The van der Waals surface area contributed by atoms with Crippen LogP contribution >= 0.6 is 11.3 Å². The van der Waals surface area contributed by atoms with E-state index in [0.29, 0.717) is 0 Å². The summed E-state index contributed by atoms with van der Waals surface area (Å²) in [5.74, 6) is -0.673. The van der Waals surface area contributed by atoms with Gasteiger partial charge >= 0.3 is 5.97 Å². The van der Waals surface area contributed by atoms with Gasteiger partial charge in [-0.25, -0.2) is 4.98 Å². The summed E-state index contributed by atoms with van der Waals surface area (Å²) in [4.78, 5) is 19.9. The van der Waals surface area contributed by atoms with Crippen molar-refractivity contribution in [3.8, 4) is 0 Å². The van der Waals surface area contributed by atoms with E-state index in [0.717, 1.165) is 42.9 Å². The first-order chi connectivity index (χ1) is 9.42. The van der Waals surface area contributed by atoms with Gasteiger partial charge in [0.25, 0.3) is 0 Å². The predicted octanol–water partition coefficient (Wildman–Crippen LogP) is 3.54. The van der Waals surface area contributed by atoms with Crippen molar-refractivity contribution in [3.05, 3.63) is 15.6 Å². The first-order valence-corrected chi connectivity index (χ1v) is 8.18. The van der Waals surface area contributed by atoms with Gasteiger partial charge in [-0.15, -0.1) is 11.3 Å². The smallest absolute Gasteiger partial charge is 0.324 e. The van der Waals surface area contributed by atoms with Crippen LogP contribution in [0, 0.1) is 13.8 Å². The molecule has 2 unspecified atom stereocenters. The van der Waals surface area contributed by atoms with E-state index in [9.17, 15) is 9.90 Å². The molecule has 1 aromatic heterocycles. The first kappa shape index (κ1) is 15.4. The molecule has 1 aliphatic rings. The van der Waals surface area contributed by atoms with Crippen LogP contribution in [-0.2, 0) is 4.79 Å². The third kappa shape index (κ3) is 2.49. The number of aliphatic carboxylic acids is 1. The molecule has 2 rings (SSSR count). The van der Waals surface area contributed by atoms with Crippen LogP contribution in [0.15, 0.2) is 0 Å². The number of thiazole rings is 1. The lowest BCUT2D eigenvalue weighted by molar-refractivity contribution is -0.151. The van der Waals surface area contributed by atoms with E-state index in [-0.39, 0.29) is 6.04 Å². The molecule has 1 saturated heterocycles. The predicted molar refractivity (Wildman–Crippen MR) is 81.2 cm³/mol. The molecule has 0 aliphatic carbocycles. The molecule has 1 fully saturated rings. The van der Waals surface area contributed by atoms with Crippen molar-refractivity contribution in [2.45, 2.75) is 65.0 Å². The zero-order chi connectivity index (χ0) is 14.9. The highest BCUT2D eigenvalue weighted by Crippen LogP contribution is 2.41. The highest BCUT2D eigenvalue weighted by molar-refractivity contribution is 7.11. The summed E-state index contributed by atoms with van der Waals surface area (Å²) in [5, 5.41) is 10.8. The molecule has 0 aromatic carbocycles. The summed E-state index contributed by atoms with van der Waals surface area (Å²) < 4.78 is 0. The highest BCUT2D eigenvalue weighted by atomic mass is 32.1. The van der Waals surface area contributed by atoms with Gasteiger partial charge in [0.15, 0.2) is 0 Å². The molecule has 1 N–H and O–H groups in total. The highest BCUT2D eigenvalue weighted by Gasteiger charge is 2.49. The van der Waals surface area contributed by atoms with Crippen LogP contribution in [-0.4, -0.2) is 33.0 Å². The van der Waals surface area contributed by atoms with E-state index in [2.05, 4.69) is 30.7 Å². The van der Waals surface area contributed by atoms with Crippen LogP contribution in [0.2, 0.25) is 0 Å². The molecule has 0 bridgehead atoms. The standard InChI is InChI=1S/C15H24N2O2S/c1-5-7-15(14(18)19)8-6-9-17(15)10(2)13-11(3)20-12(4)16-13/h10H,5-9H2,1-4H3,(H,18,19). The van der Waals surface area contributed by atoms with E-state index in [1.807, 2.05) is 6.92 Å². The number of carboxylic acid groups (broad SMARTS) is 1. The lowest BCUT2D eigenvalue weighted by Crippen LogP contribution is -2.51. The minimum atomic E-state index is -0.696. The van der Waals surface area contributed by atoms with Crippen molar-refractivity contribution >= 4 is 17.3 Å². The van der Waals surface area contributed by atoms with Crippen LogP contribution in [0.3, 0.4) is 0 Å². The van der Waals surface area contributed by atoms with Crippen molar-refractivity contribution in [1.82, 2.24) is 9.88 Å². The monoisotopic (exact) mass is 296 g/mol. The maximum atomic E-state index is 11.9. The zero-order valence-corrected chi connectivity index (χ0v) is 13.6. The molecule has 1 aliphatic heterocycles. The van der Waals surface area contributed by atoms with E-state index < -0.39 is 11.5 Å². The molecule has 20 heavy (non-hydrogen) atoms. The van der Waals surface area contributed by atoms with Crippen LogP contribution in [0.5, 0.6) is 0 Å². The fourth-order valence-corrected chi connectivity index (χ4v) is 4.47. The normalized spacial score (nSPS) is 25.0. The Labute approximate surface area is 124 Å². The number of nitrogens with zero attached hydrogens (tertiary/aromatic N) is 2. The molecule has 0 amide bonds. The Bertz CT molecular complexity index is 500. The van der Waals surface area contributed by atoms with Gasteiger partial charge in [0.2, 0.25) is 0 Å². The second kappa shape index (κ2) is 5.82. The second-order valence-electron chi connectivity index (χ2n) is 5.73. The van der Waals surface area contributed by atoms with Gasteiger partial charge < -0.3 is 5.11 Å². The fraction of sp³-hybridized carbons (Fsp3) is 0.733. The quantitative estimate of drug-likeness (QED) is 0.903. The number of carbonyl (C=O) groups is 1. The SMILES string of the molecule is CCCC1(C(=O)O)CCCN1C(C)c1nc(C)sc1C. The third-order valence-electron chi connectivity index (χ3n) is 4.40. The van der Waals surface area contributed by atoms with Gasteiger partial charge in [0.05, 0.1) is 16.7 Å². The Morgan fingerprint density at radius 1 is 1.55 bits per heavy atom. The third-order valence-corrected chi connectivity index (χ3v) is 5.31. The van der Waals surface area contributed by atoms with Crippen molar-refractivity contribution in [3.63, 3.8) is 0 Å². The molecule has 1 aromatic rings. The molecule has 0 saturated carbocycles. The molecular formula is C15H24N2O2S. The Hall–Kier alpha value is -0.940. The Morgan fingerprint density at radius 2 is 2.25 bits per heavy atom. The largest absolute Gasteiger partial charge is 0.480 e. The van der Waals surface area contributed by atoms with Crippen LogP contribution < -0.4 is 0 Å². The van der Waals surface area contributed by atoms with Crippen molar-refractivity contribution in [2.75, 3.05) is 6.54 Å². The summed E-state index contributed by atoms with van der Waals surface area (Å²) in [6.45, 7) is 9.09. The molecule has 2 atom stereocenters. The Balaban J connectivity index is 2.34. The van der Waals surface area contributed by atoms with E-state index in [4.69, 9.17) is 0 Å². The van der Waals surface area contributed by atoms with Crippen molar-refractivity contribution in [1.29, 1.82) is 0 Å². The number of rotatable bonds is 5. The summed E-state index contributed by atoms with van der Waals surface area (Å²) in [7, 11) is 0. The summed E-state index contributed by atoms with van der Waals surface area (Å²) in [6, 6.07) is 0.0742. The van der Waals surface area contributed by atoms with E-state index >= 15 is 0 Å². The number of likely N-dealkylation sites (tertiary alicyclic amines) is 1. The molecule has 4 nitrogen and oxygen atoms in total. The summed E-state index contributed by atoms with van der Waals surface area (Å²) in [5.41, 5.74) is 0.356. The van der Waals surface area contributed by atoms with Crippen molar-refractivity contribution < 1.29 is 9.90 Å². The second-order valence-corrected chi connectivity index (χ2v) is 7.14. The molecule has 0 spiro atoms. The van der Waals surface area contributed by atoms with Gasteiger partial charge in [-0.3, -0.25) is 9.69 Å². The fourth-order valence-electron chi connectivity index (χ4n) is 3.56. The number of hydrogen-bond donors (Lipinski definition) is 1.